The standard InChI is InChI=1S/C30H44N2O7S.C2HF3O2.H2/c1-5-7-13-30(6-2)21-40(36,37)26-12-11-24(32(3)4)19-25(26)28(29(30)35)22-9-8-10-23(18-22)31-14-15-38-16-17-39-20-27(33)34;3-2(4,5)1(6)7;/h8-12,18-19,28-29,31,35H,5-7,13-17,20-21H2,1-4H3,(H,33,34);(H,6,7);1H. The van der Waals surface area contributed by atoms with Gasteiger partial charge in [-0.05, 0) is 42.2 Å². The first-order valence-corrected chi connectivity index (χ1v) is 17.0. The van der Waals surface area contributed by atoms with Crippen LogP contribution < -0.4 is 15.3 Å². The molecule has 1 heterocycles. The van der Waals surface area contributed by atoms with E-state index in [2.05, 4.69) is 12.2 Å². The number of hydrogen-bond donors (Lipinski definition) is 4. The number of alkyl halides is 3. The van der Waals surface area contributed by atoms with E-state index >= 15 is 0 Å². The number of nitrogens with one attached hydrogen (secondary N) is 2. The minimum absolute atomic E-state index is 0. The highest BCUT2D eigenvalue weighted by Crippen LogP contribution is 2.49. The molecule has 15 heteroatoms. The zero-order valence-corrected chi connectivity index (χ0v) is 27.9. The summed E-state index contributed by atoms with van der Waals surface area (Å²) in [5.74, 6) is -4.60. The lowest BCUT2D eigenvalue weighted by Crippen LogP contribution is -3.00. The summed E-state index contributed by atoms with van der Waals surface area (Å²) in [4.78, 5) is 20.7. The average Bonchev–Trinajstić information content (AvgIpc) is 3.07. The van der Waals surface area contributed by atoms with Gasteiger partial charge in [-0.15, -0.1) is 0 Å². The number of halogens is 3. The number of rotatable bonds is 15. The van der Waals surface area contributed by atoms with Crippen LogP contribution >= 0.6 is 0 Å². The maximum atomic E-state index is 13.8. The van der Waals surface area contributed by atoms with E-state index < -0.39 is 45.4 Å². The van der Waals surface area contributed by atoms with Crippen molar-refractivity contribution >= 4 is 33.2 Å². The number of aliphatic hydroxyl groups excluding tert-OH is 1. The Labute approximate surface area is 275 Å². The number of carboxylic acid groups (broad SMARTS) is 2. The Hall–Kier alpha value is -3.24. The second kappa shape index (κ2) is 17.8. The van der Waals surface area contributed by atoms with Crippen molar-refractivity contribution in [1.82, 2.24) is 0 Å². The van der Waals surface area contributed by atoms with Gasteiger partial charge in [0, 0.05) is 37.1 Å². The van der Waals surface area contributed by atoms with Gasteiger partial charge < -0.3 is 39.8 Å². The molecule has 2 aromatic carbocycles. The van der Waals surface area contributed by atoms with Crippen LogP contribution in [0.1, 0.15) is 58.0 Å². The molecule has 0 saturated carbocycles. The third kappa shape index (κ3) is 11.5. The van der Waals surface area contributed by atoms with Gasteiger partial charge >= 0.3 is 12.1 Å². The zero-order chi connectivity index (χ0) is 35.4. The van der Waals surface area contributed by atoms with E-state index in [0.717, 1.165) is 34.7 Å². The number of benzene rings is 2. The van der Waals surface area contributed by atoms with Crippen molar-refractivity contribution in [1.29, 1.82) is 0 Å². The van der Waals surface area contributed by atoms with E-state index in [1.54, 1.807) is 6.07 Å². The summed E-state index contributed by atoms with van der Waals surface area (Å²) in [7, 11) is 0.370. The van der Waals surface area contributed by atoms with E-state index in [9.17, 15) is 31.5 Å². The summed E-state index contributed by atoms with van der Waals surface area (Å²) in [6.07, 6.45) is -3.10. The third-order valence-corrected chi connectivity index (χ3v) is 10.1. The van der Waals surface area contributed by atoms with Crippen molar-refractivity contribution < 1.29 is 62.3 Å². The summed E-state index contributed by atoms with van der Waals surface area (Å²) in [5, 5.41) is 32.9. The van der Waals surface area contributed by atoms with Crippen LogP contribution in [0.4, 0.5) is 24.5 Å². The van der Waals surface area contributed by atoms with E-state index in [4.69, 9.17) is 24.5 Å². The van der Waals surface area contributed by atoms with Gasteiger partial charge in [-0.2, -0.15) is 13.2 Å². The summed E-state index contributed by atoms with van der Waals surface area (Å²) in [6, 6.07) is 13.3. The second-order valence-corrected chi connectivity index (χ2v) is 13.6. The quantitative estimate of drug-likeness (QED) is 0.204. The summed E-state index contributed by atoms with van der Waals surface area (Å²) < 4.78 is 69.7. The smallest absolute Gasteiger partial charge is 0.430 e. The largest absolute Gasteiger partial charge is 0.542 e. The van der Waals surface area contributed by atoms with Crippen LogP contribution in [-0.4, -0.2) is 95.7 Å². The van der Waals surface area contributed by atoms with Gasteiger partial charge in [0.2, 0.25) is 0 Å². The first-order valence-electron chi connectivity index (χ1n) is 15.3. The number of quaternary nitrogens is 1. The van der Waals surface area contributed by atoms with Crippen molar-refractivity contribution in [2.24, 2.45) is 5.41 Å². The number of carboxylic acids is 2. The van der Waals surface area contributed by atoms with Crippen molar-refractivity contribution in [2.45, 2.75) is 62.6 Å². The molecule has 266 valence electrons. The van der Waals surface area contributed by atoms with Gasteiger partial charge in [0.25, 0.3) is 0 Å². The molecule has 0 bridgehead atoms. The molecule has 3 unspecified atom stereocenters. The number of sulfone groups is 1. The maximum absolute atomic E-state index is 13.8. The van der Waals surface area contributed by atoms with Gasteiger partial charge in [-0.1, -0.05) is 38.8 Å². The van der Waals surface area contributed by atoms with Crippen molar-refractivity contribution in [2.75, 3.05) is 58.1 Å². The summed E-state index contributed by atoms with van der Waals surface area (Å²) in [5.41, 5.74) is 2.56. The van der Waals surface area contributed by atoms with Crippen LogP contribution in [0, 0.1) is 5.41 Å². The molecule has 1 aliphatic rings. The fourth-order valence-electron chi connectivity index (χ4n) is 5.54. The zero-order valence-electron chi connectivity index (χ0n) is 27.1. The van der Waals surface area contributed by atoms with Crippen LogP contribution in [0.25, 0.3) is 0 Å². The van der Waals surface area contributed by atoms with E-state index in [-0.39, 0.29) is 20.4 Å². The molecular weight excluding hydrogens is 645 g/mol. The molecule has 4 N–H and O–H groups in total. The molecule has 1 aliphatic heterocycles. The van der Waals surface area contributed by atoms with Gasteiger partial charge in [-0.25, -0.2) is 13.2 Å². The first kappa shape index (κ1) is 39.9. The van der Waals surface area contributed by atoms with Crippen LogP contribution in [-0.2, 0) is 28.9 Å². The highest BCUT2D eigenvalue weighted by Gasteiger charge is 2.49. The number of ether oxygens (including phenoxy) is 2. The van der Waals surface area contributed by atoms with Gasteiger partial charge in [0.15, 0.2) is 9.84 Å². The Morgan fingerprint density at radius 3 is 2.34 bits per heavy atom. The molecule has 2 aromatic rings. The Bertz CT molecular complexity index is 1440. The number of aliphatic hydroxyl groups is 1. The number of fused-ring (bicyclic) bond motifs is 1. The normalized spacial score (nSPS) is 20.4. The van der Waals surface area contributed by atoms with Crippen LogP contribution in [0.3, 0.4) is 0 Å². The maximum Gasteiger partial charge on any atom is 0.430 e. The van der Waals surface area contributed by atoms with Gasteiger partial charge in [-0.3, -0.25) is 0 Å². The molecule has 0 fully saturated rings. The van der Waals surface area contributed by atoms with E-state index in [0.29, 0.717) is 43.1 Å². The fraction of sp³-hybridized carbons (Fsp3) is 0.562. The molecule has 0 amide bonds. The Balaban J connectivity index is 0.00000130. The summed E-state index contributed by atoms with van der Waals surface area (Å²) >= 11 is 0. The molecule has 3 atom stereocenters. The van der Waals surface area contributed by atoms with E-state index in [1.165, 1.54) is 0 Å². The number of anilines is 1. The predicted octanol–water partition coefficient (Wildman–Crippen LogP) is 2.40. The molecule has 0 aliphatic carbocycles. The molecule has 0 saturated heterocycles. The van der Waals surface area contributed by atoms with Crippen LogP contribution in [0.2, 0.25) is 0 Å². The molecule has 11 nitrogen and oxygen atoms in total. The molecule has 0 aromatic heterocycles. The average molecular weight is 693 g/mol. The van der Waals surface area contributed by atoms with Gasteiger partial charge in [0.05, 0.1) is 50.7 Å². The minimum atomic E-state index is -5.19. The number of unbranched alkanes of at least 4 members (excludes halogenated alkanes) is 1. The van der Waals surface area contributed by atoms with Gasteiger partial charge in [0.1, 0.15) is 18.3 Å². The van der Waals surface area contributed by atoms with Crippen molar-refractivity contribution in [3.05, 3.63) is 53.6 Å². The molecular formula is C32H47F3N2O9S. The van der Waals surface area contributed by atoms with Crippen LogP contribution in [0.5, 0.6) is 0 Å². The van der Waals surface area contributed by atoms with Crippen molar-refractivity contribution in [3.63, 3.8) is 0 Å². The minimum Gasteiger partial charge on any atom is -0.542 e. The number of hydrogen-bond acceptors (Lipinski definition) is 9. The Morgan fingerprint density at radius 1 is 1.11 bits per heavy atom. The SMILES string of the molecule is CCCCC1(CC)CS(=O)(=O)c2ccc([NH+](C)C)cc2C(c2cccc(NCCOCCOCC(=O)O)c2)C1O.O=C([O-])C(F)(F)F.[HH]. The topological polar surface area (TPSA) is 167 Å². The highest BCUT2D eigenvalue weighted by molar-refractivity contribution is 7.91. The lowest BCUT2D eigenvalue weighted by atomic mass is 9.69. The first-order chi connectivity index (χ1) is 22.0. The fourth-order valence-corrected chi connectivity index (χ4v) is 7.79. The molecule has 0 spiro atoms. The molecule has 3 rings (SSSR count). The lowest BCUT2D eigenvalue weighted by molar-refractivity contribution is -0.786. The van der Waals surface area contributed by atoms with Crippen LogP contribution in [0.15, 0.2) is 47.4 Å². The third-order valence-electron chi connectivity index (χ3n) is 8.06. The second-order valence-electron chi connectivity index (χ2n) is 11.6. The molecule has 47 heavy (non-hydrogen) atoms. The highest BCUT2D eigenvalue weighted by atomic mass is 32.2. The van der Waals surface area contributed by atoms with Crippen molar-refractivity contribution in [3.8, 4) is 0 Å². The lowest BCUT2D eigenvalue weighted by Gasteiger charge is -2.39. The molecule has 0 radical (unpaired) electrons. The van der Waals surface area contributed by atoms with E-state index in [1.807, 2.05) is 57.4 Å². The Morgan fingerprint density at radius 2 is 1.77 bits per heavy atom. The monoisotopic (exact) mass is 692 g/mol. The Kier molecular flexibility index (Phi) is 15.1. The number of carbonyl (C=O) groups excluding carboxylic acids is 1. The number of carbonyl (C=O) groups is 2. The number of aliphatic carboxylic acids is 2. The summed E-state index contributed by atoms with van der Waals surface area (Å²) in [6.45, 7) is 5.14. The predicted molar refractivity (Wildman–Crippen MR) is 168 cm³/mol.